The molecule has 1 aromatic heterocycles. The van der Waals surface area contributed by atoms with Gasteiger partial charge in [0.2, 0.25) is 0 Å². The highest BCUT2D eigenvalue weighted by Gasteiger charge is 2.40. The van der Waals surface area contributed by atoms with Crippen LogP contribution in [0.4, 0.5) is 13.2 Å². The number of carboxylic acid groups (broad SMARTS) is 1. The average Bonchev–Trinajstić information content (AvgIpc) is 3.48. The van der Waals surface area contributed by atoms with Gasteiger partial charge in [-0.2, -0.15) is 13.2 Å². The van der Waals surface area contributed by atoms with E-state index < -0.39 is 12.1 Å². The smallest absolute Gasteiger partial charge is 0.487 e. The Bertz CT molecular complexity index is 1110. The van der Waals surface area contributed by atoms with Crippen LogP contribution in [0.3, 0.4) is 0 Å². The van der Waals surface area contributed by atoms with Crippen molar-refractivity contribution >= 4 is 23.4 Å². The number of alkyl halides is 3. The van der Waals surface area contributed by atoms with E-state index in [1.165, 1.54) is 35.5 Å². The number of carbonyl (C=O) groups excluding carboxylic acids is 1. The van der Waals surface area contributed by atoms with Crippen LogP contribution in [0.25, 0.3) is 0 Å². The van der Waals surface area contributed by atoms with Crippen LogP contribution in [0.5, 0.6) is 5.75 Å². The summed E-state index contributed by atoms with van der Waals surface area (Å²) in [6.07, 6.45) is 0.541. The van der Waals surface area contributed by atoms with E-state index in [0.29, 0.717) is 11.1 Å². The van der Waals surface area contributed by atoms with Crippen molar-refractivity contribution < 1.29 is 32.6 Å². The third-order valence-electron chi connectivity index (χ3n) is 7.42. The van der Waals surface area contributed by atoms with Gasteiger partial charge in [-0.25, -0.2) is 4.79 Å². The lowest BCUT2D eigenvalue weighted by atomic mass is 9.71. The Hall–Kier alpha value is -2.73. The van der Waals surface area contributed by atoms with E-state index in [0.717, 1.165) is 57.7 Å². The zero-order chi connectivity index (χ0) is 26.8. The van der Waals surface area contributed by atoms with E-state index in [4.69, 9.17) is 14.6 Å². The van der Waals surface area contributed by atoms with Crippen LogP contribution in [0.2, 0.25) is 0 Å². The van der Waals surface area contributed by atoms with Gasteiger partial charge in [-0.1, -0.05) is 22.7 Å². The van der Waals surface area contributed by atoms with Gasteiger partial charge in [-0.15, -0.1) is 5.10 Å². The number of ether oxygens (including phenoxy) is 1. The van der Waals surface area contributed by atoms with Crippen LogP contribution in [-0.2, 0) is 17.8 Å². The number of hydrogen-bond acceptors (Lipinski definition) is 7. The van der Waals surface area contributed by atoms with Crippen molar-refractivity contribution in [3.05, 3.63) is 40.4 Å². The SMILES string of the molecule is CC1(C)Cc2cccc(CN3CCC4(CC3)CCN(C(=O)c3csnn3)CC4)c2O1.O=C(O)C(F)(F)F. The Morgan fingerprint density at radius 1 is 1.11 bits per heavy atom. The third-order valence-corrected chi connectivity index (χ3v) is 7.92. The number of nitrogens with zero attached hydrogens (tertiary/aromatic N) is 4. The predicted molar refractivity (Wildman–Crippen MR) is 131 cm³/mol. The molecule has 1 N–H and O–H groups in total. The van der Waals surface area contributed by atoms with Crippen molar-refractivity contribution in [2.45, 2.75) is 64.3 Å². The summed E-state index contributed by atoms with van der Waals surface area (Å²) >= 11 is 1.24. The summed E-state index contributed by atoms with van der Waals surface area (Å²) in [5.74, 6) is -1.60. The molecular weight excluding hydrogens is 509 g/mol. The molecule has 3 aliphatic heterocycles. The number of carbonyl (C=O) groups is 2. The lowest BCUT2D eigenvalue weighted by molar-refractivity contribution is -0.192. The van der Waals surface area contributed by atoms with Crippen LogP contribution < -0.4 is 4.74 Å². The molecule has 1 spiro atoms. The van der Waals surface area contributed by atoms with Crippen molar-refractivity contribution in [2.24, 2.45) is 5.41 Å². The predicted octanol–water partition coefficient (Wildman–Crippen LogP) is 4.40. The molecular formula is C25H31F3N4O4S. The summed E-state index contributed by atoms with van der Waals surface area (Å²) in [7, 11) is 0. The van der Waals surface area contributed by atoms with Crippen molar-refractivity contribution in [3.63, 3.8) is 0 Å². The number of rotatable bonds is 3. The van der Waals surface area contributed by atoms with E-state index in [1.807, 2.05) is 4.90 Å². The maximum absolute atomic E-state index is 12.5. The Morgan fingerprint density at radius 3 is 2.30 bits per heavy atom. The number of para-hydroxylation sites is 1. The molecule has 4 heterocycles. The standard InChI is InChI=1S/C23H30N4O2S.C2HF3O2/c1-22(2)14-17-4-3-5-18(20(17)29-22)15-26-10-6-23(7-11-26)8-12-27(13-9-23)21(28)19-16-30-25-24-19;3-2(4,5)1(6)7/h3-5,16H,6-15H2,1-2H3;(H,6,7). The summed E-state index contributed by atoms with van der Waals surface area (Å²) in [5.41, 5.74) is 3.46. The fourth-order valence-corrected chi connectivity index (χ4v) is 5.76. The number of benzene rings is 1. The number of halogens is 3. The molecule has 5 rings (SSSR count). The number of aliphatic carboxylic acids is 1. The Labute approximate surface area is 217 Å². The Balaban J connectivity index is 0.000000405. The van der Waals surface area contributed by atoms with Gasteiger partial charge in [0.25, 0.3) is 5.91 Å². The number of aromatic nitrogens is 2. The van der Waals surface area contributed by atoms with Crippen LogP contribution in [-0.4, -0.2) is 74.3 Å². The van der Waals surface area contributed by atoms with Gasteiger partial charge >= 0.3 is 12.1 Å². The van der Waals surface area contributed by atoms with Gasteiger partial charge in [0, 0.05) is 37.0 Å². The zero-order valence-corrected chi connectivity index (χ0v) is 21.7. The fourth-order valence-electron chi connectivity index (χ4n) is 5.33. The van der Waals surface area contributed by atoms with E-state index in [-0.39, 0.29) is 11.5 Å². The maximum Gasteiger partial charge on any atom is 0.490 e. The third kappa shape index (κ3) is 6.59. The summed E-state index contributed by atoms with van der Waals surface area (Å²) in [4.78, 5) is 26.0. The minimum absolute atomic E-state index is 0.0388. The topological polar surface area (TPSA) is 95.9 Å². The van der Waals surface area contributed by atoms with Gasteiger partial charge in [0.05, 0.1) is 0 Å². The summed E-state index contributed by atoms with van der Waals surface area (Å²) < 4.78 is 41.8. The first kappa shape index (κ1) is 27.3. The molecule has 37 heavy (non-hydrogen) atoms. The Morgan fingerprint density at radius 2 is 1.73 bits per heavy atom. The molecule has 2 aromatic rings. The minimum atomic E-state index is -5.08. The molecule has 0 saturated carbocycles. The first-order valence-corrected chi connectivity index (χ1v) is 13.1. The highest BCUT2D eigenvalue weighted by atomic mass is 32.1. The molecule has 1 aromatic carbocycles. The Kier molecular flexibility index (Phi) is 7.80. The largest absolute Gasteiger partial charge is 0.490 e. The number of hydrogen-bond donors (Lipinski definition) is 1. The summed E-state index contributed by atoms with van der Waals surface area (Å²) in [5, 5.41) is 12.8. The number of amides is 1. The second kappa shape index (κ2) is 10.6. The second-order valence-electron chi connectivity index (χ2n) is 10.6. The van der Waals surface area contributed by atoms with Crippen LogP contribution >= 0.6 is 11.5 Å². The normalized spacial score (nSPS) is 20.5. The molecule has 0 unspecified atom stereocenters. The molecule has 0 radical (unpaired) electrons. The lowest BCUT2D eigenvalue weighted by Crippen LogP contribution is -2.48. The van der Waals surface area contributed by atoms with Crippen LogP contribution in [0.1, 0.15) is 61.1 Å². The van der Waals surface area contributed by atoms with Gasteiger partial charge in [-0.05, 0) is 75.1 Å². The van der Waals surface area contributed by atoms with Gasteiger partial charge in [0.1, 0.15) is 11.4 Å². The molecule has 2 saturated heterocycles. The molecule has 2 fully saturated rings. The lowest BCUT2D eigenvalue weighted by Gasteiger charge is -2.46. The van der Waals surface area contributed by atoms with E-state index in [1.54, 1.807) is 5.38 Å². The molecule has 0 bridgehead atoms. The number of carboxylic acids is 1. The highest BCUT2D eigenvalue weighted by molar-refractivity contribution is 7.03. The van der Waals surface area contributed by atoms with Gasteiger partial charge in [0.15, 0.2) is 5.69 Å². The summed E-state index contributed by atoms with van der Waals surface area (Å²) in [6, 6.07) is 6.60. The maximum atomic E-state index is 12.5. The number of likely N-dealkylation sites (tertiary alicyclic amines) is 2. The number of piperidine rings is 2. The zero-order valence-electron chi connectivity index (χ0n) is 20.9. The van der Waals surface area contributed by atoms with Crippen LogP contribution in [0, 0.1) is 5.41 Å². The first-order chi connectivity index (χ1) is 17.4. The minimum Gasteiger partial charge on any atom is -0.487 e. The van der Waals surface area contributed by atoms with E-state index in [2.05, 4.69) is 46.5 Å². The quantitative estimate of drug-likeness (QED) is 0.617. The summed E-state index contributed by atoms with van der Waals surface area (Å²) in [6.45, 7) is 9.23. The monoisotopic (exact) mass is 540 g/mol. The average molecular weight is 541 g/mol. The molecule has 1 amide bonds. The molecule has 202 valence electrons. The van der Waals surface area contributed by atoms with E-state index in [9.17, 15) is 18.0 Å². The fraction of sp³-hybridized carbons (Fsp3) is 0.600. The van der Waals surface area contributed by atoms with Crippen molar-refractivity contribution in [3.8, 4) is 5.75 Å². The van der Waals surface area contributed by atoms with Gasteiger partial charge < -0.3 is 14.7 Å². The van der Waals surface area contributed by atoms with E-state index >= 15 is 0 Å². The van der Waals surface area contributed by atoms with Crippen molar-refractivity contribution in [1.29, 1.82) is 0 Å². The number of fused-ring (bicyclic) bond motifs is 1. The highest BCUT2D eigenvalue weighted by Crippen LogP contribution is 2.43. The van der Waals surface area contributed by atoms with Crippen molar-refractivity contribution in [2.75, 3.05) is 26.2 Å². The molecule has 0 aliphatic carbocycles. The van der Waals surface area contributed by atoms with Crippen molar-refractivity contribution in [1.82, 2.24) is 19.4 Å². The molecule has 12 heteroatoms. The molecule has 3 aliphatic rings. The van der Waals surface area contributed by atoms with Crippen LogP contribution in [0.15, 0.2) is 23.6 Å². The van der Waals surface area contributed by atoms with Gasteiger partial charge in [-0.3, -0.25) is 9.69 Å². The second-order valence-corrected chi connectivity index (χ2v) is 11.2. The first-order valence-electron chi connectivity index (χ1n) is 12.3. The molecule has 0 atom stereocenters. The molecule has 8 nitrogen and oxygen atoms in total.